The summed E-state index contributed by atoms with van der Waals surface area (Å²) >= 11 is 0. The number of anilines is 2. The van der Waals surface area contributed by atoms with E-state index < -0.39 is 23.5 Å². The third kappa shape index (κ3) is 5.53. The van der Waals surface area contributed by atoms with Crippen molar-refractivity contribution in [3.8, 4) is 0 Å². The van der Waals surface area contributed by atoms with Crippen LogP contribution in [0.25, 0.3) is 11.0 Å². The molecular formula is C26H30F3N5O2. The summed E-state index contributed by atoms with van der Waals surface area (Å²) in [7, 11) is 1.75. The largest absolute Gasteiger partial charge is 0.378 e. The highest BCUT2D eigenvalue weighted by atomic mass is 19.2. The first-order valence-corrected chi connectivity index (χ1v) is 12.1. The predicted molar refractivity (Wildman–Crippen MR) is 133 cm³/mol. The molecule has 10 heteroatoms. The van der Waals surface area contributed by atoms with Crippen LogP contribution in [0, 0.1) is 17.5 Å². The number of unbranched alkanes of at least 4 members (excludes halogenated alkanes) is 1. The smallest absolute Gasteiger partial charge is 0.253 e. The number of ether oxygens (including phenoxy) is 1. The molecule has 7 nitrogen and oxygen atoms in total. The maximum absolute atomic E-state index is 13.8. The number of carbonyl (C=O) groups is 1. The fourth-order valence-electron chi connectivity index (χ4n) is 4.21. The van der Waals surface area contributed by atoms with Crippen LogP contribution >= 0.6 is 0 Å². The van der Waals surface area contributed by atoms with E-state index in [2.05, 4.69) is 22.1 Å². The molecular weight excluding hydrogens is 471 g/mol. The Labute approximate surface area is 208 Å². The van der Waals surface area contributed by atoms with E-state index in [0.717, 1.165) is 25.0 Å². The SMILES string of the molecule is CCCCN(C)C(=O)c1cc(C(C)Nc2cc(F)c(F)c(F)c2)c2nc(N3CCOCC3)cnc2c1. The lowest BCUT2D eigenvalue weighted by Gasteiger charge is -2.28. The Kier molecular flexibility index (Phi) is 7.93. The van der Waals surface area contributed by atoms with Gasteiger partial charge in [-0.15, -0.1) is 0 Å². The number of carbonyl (C=O) groups excluding carboxylic acids is 1. The van der Waals surface area contributed by atoms with Gasteiger partial charge < -0.3 is 19.9 Å². The molecule has 1 fully saturated rings. The monoisotopic (exact) mass is 501 g/mol. The lowest BCUT2D eigenvalue weighted by molar-refractivity contribution is 0.0793. The maximum Gasteiger partial charge on any atom is 0.253 e. The molecule has 2 aromatic carbocycles. The first kappa shape index (κ1) is 25.7. The molecule has 1 N–H and O–H groups in total. The molecule has 1 atom stereocenters. The number of halogens is 3. The molecule has 2 heterocycles. The Morgan fingerprint density at radius 1 is 1.17 bits per heavy atom. The first-order valence-electron chi connectivity index (χ1n) is 12.1. The van der Waals surface area contributed by atoms with E-state index in [1.54, 1.807) is 37.2 Å². The van der Waals surface area contributed by atoms with Crippen molar-refractivity contribution in [3.05, 3.63) is 59.0 Å². The number of amides is 1. The highest BCUT2D eigenvalue weighted by Gasteiger charge is 2.21. The molecule has 0 aliphatic carbocycles. The minimum absolute atomic E-state index is 0.0705. The number of aromatic nitrogens is 2. The van der Waals surface area contributed by atoms with Crippen molar-refractivity contribution in [2.45, 2.75) is 32.7 Å². The van der Waals surface area contributed by atoms with Crippen molar-refractivity contribution in [3.63, 3.8) is 0 Å². The Bertz CT molecular complexity index is 1230. The number of nitrogens with one attached hydrogen (secondary N) is 1. The van der Waals surface area contributed by atoms with Crippen molar-refractivity contribution in [1.82, 2.24) is 14.9 Å². The van der Waals surface area contributed by atoms with Gasteiger partial charge in [-0.3, -0.25) is 9.78 Å². The van der Waals surface area contributed by atoms with Gasteiger partial charge in [-0.2, -0.15) is 0 Å². The second kappa shape index (κ2) is 11.1. The molecule has 36 heavy (non-hydrogen) atoms. The zero-order valence-electron chi connectivity index (χ0n) is 20.7. The van der Waals surface area contributed by atoms with Gasteiger partial charge in [0.2, 0.25) is 0 Å². The topological polar surface area (TPSA) is 70.6 Å². The van der Waals surface area contributed by atoms with Crippen LogP contribution in [0.4, 0.5) is 24.7 Å². The average molecular weight is 502 g/mol. The lowest BCUT2D eigenvalue weighted by Crippen LogP contribution is -2.36. The number of morpholine rings is 1. The van der Waals surface area contributed by atoms with Crippen LogP contribution in [-0.4, -0.2) is 60.7 Å². The van der Waals surface area contributed by atoms with E-state index in [9.17, 15) is 18.0 Å². The summed E-state index contributed by atoms with van der Waals surface area (Å²) in [5.41, 5.74) is 2.24. The van der Waals surface area contributed by atoms with Gasteiger partial charge in [-0.05, 0) is 25.5 Å². The third-order valence-electron chi connectivity index (χ3n) is 6.27. The van der Waals surface area contributed by atoms with Gasteiger partial charge >= 0.3 is 0 Å². The van der Waals surface area contributed by atoms with Crippen molar-refractivity contribution in [2.24, 2.45) is 0 Å². The summed E-state index contributed by atoms with van der Waals surface area (Å²) in [4.78, 5) is 26.3. The molecule has 192 valence electrons. The van der Waals surface area contributed by atoms with Gasteiger partial charge in [-0.1, -0.05) is 13.3 Å². The number of hydrogen-bond acceptors (Lipinski definition) is 6. The fraction of sp³-hybridized carbons (Fsp3) is 0.423. The van der Waals surface area contributed by atoms with Crippen LogP contribution in [-0.2, 0) is 4.74 Å². The molecule has 1 saturated heterocycles. The molecule has 1 unspecified atom stereocenters. The molecule has 1 aliphatic heterocycles. The van der Waals surface area contributed by atoms with E-state index in [1.165, 1.54) is 0 Å². The fourth-order valence-corrected chi connectivity index (χ4v) is 4.21. The van der Waals surface area contributed by atoms with Gasteiger partial charge in [-0.25, -0.2) is 18.2 Å². The number of nitrogens with zero attached hydrogens (tertiary/aromatic N) is 4. The van der Waals surface area contributed by atoms with Crippen LogP contribution in [0.1, 0.15) is 48.7 Å². The van der Waals surface area contributed by atoms with Crippen LogP contribution in [0.3, 0.4) is 0 Å². The van der Waals surface area contributed by atoms with Crippen LogP contribution in [0.15, 0.2) is 30.5 Å². The van der Waals surface area contributed by atoms with E-state index in [1.807, 2.05) is 0 Å². The van der Waals surface area contributed by atoms with Gasteiger partial charge in [0.05, 0.1) is 36.5 Å². The lowest BCUT2D eigenvalue weighted by atomic mass is 10.0. The molecule has 0 saturated carbocycles. The second-order valence-electron chi connectivity index (χ2n) is 8.96. The van der Waals surface area contributed by atoms with Crippen LogP contribution in [0.5, 0.6) is 0 Å². The molecule has 0 radical (unpaired) electrons. The minimum atomic E-state index is -1.53. The first-order chi connectivity index (χ1) is 17.3. The van der Waals surface area contributed by atoms with Crippen molar-refractivity contribution < 1.29 is 22.7 Å². The average Bonchev–Trinajstić information content (AvgIpc) is 2.89. The van der Waals surface area contributed by atoms with Gasteiger partial charge in [0.15, 0.2) is 17.5 Å². The maximum atomic E-state index is 13.8. The zero-order chi connectivity index (χ0) is 25.8. The minimum Gasteiger partial charge on any atom is -0.378 e. The predicted octanol–water partition coefficient (Wildman–Crippen LogP) is 4.93. The summed E-state index contributed by atoms with van der Waals surface area (Å²) in [6, 6.07) is 4.72. The Balaban J connectivity index is 1.75. The number of rotatable bonds is 8. The molecule has 0 spiro atoms. The molecule has 3 aromatic rings. The van der Waals surface area contributed by atoms with E-state index in [-0.39, 0.29) is 11.6 Å². The normalized spacial score (nSPS) is 14.7. The van der Waals surface area contributed by atoms with Gasteiger partial charge in [0.25, 0.3) is 5.91 Å². The highest BCUT2D eigenvalue weighted by molar-refractivity contribution is 5.98. The van der Waals surface area contributed by atoms with Crippen LogP contribution < -0.4 is 10.2 Å². The third-order valence-corrected chi connectivity index (χ3v) is 6.27. The summed E-state index contributed by atoms with van der Waals surface area (Å²) < 4.78 is 46.5. The van der Waals surface area contributed by atoms with Crippen molar-refractivity contribution in [2.75, 3.05) is 50.1 Å². The van der Waals surface area contributed by atoms with E-state index in [4.69, 9.17) is 9.72 Å². The quantitative estimate of drug-likeness (QED) is 0.442. The number of hydrogen-bond donors (Lipinski definition) is 1. The zero-order valence-corrected chi connectivity index (χ0v) is 20.7. The highest BCUT2D eigenvalue weighted by Crippen LogP contribution is 2.30. The van der Waals surface area contributed by atoms with Crippen molar-refractivity contribution >= 4 is 28.4 Å². The molecule has 1 aromatic heterocycles. The van der Waals surface area contributed by atoms with Gasteiger partial charge in [0, 0.05) is 55.6 Å². The van der Waals surface area contributed by atoms with E-state index >= 15 is 0 Å². The Morgan fingerprint density at radius 2 is 1.86 bits per heavy atom. The van der Waals surface area contributed by atoms with E-state index in [0.29, 0.717) is 60.8 Å². The van der Waals surface area contributed by atoms with Gasteiger partial charge in [0.1, 0.15) is 5.82 Å². The second-order valence-corrected chi connectivity index (χ2v) is 8.96. The standard InChI is InChI=1S/C26H30F3N5O2/c1-4-5-6-33(3)26(35)17-11-19(16(2)31-18-13-20(27)24(29)21(28)14-18)25-22(12-17)30-15-23(32-25)34-7-9-36-10-8-34/h11-16,31H,4-10H2,1-3H3. The molecule has 1 amide bonds. The Hall–Kier alpha value is -3.40. The molecule has 1 aliphatic rings. The number of fused-ring (bicyclic) bond motifs is 1. The number of benzene rings is 2. The molecule has 4 rings (SSSR count). The molecule has 0 bridgehead atoms. The summed E-state index contributed by atoms with van der Waals surface area (Å²) in [5, 5.41) is 3.01. The van der Waals surface area contributed by atoms with Crippen LogP contribution in [0.2, 0.25) is 0 Å². The Morgan fingerprint density at radius 3 is 2.53 bits per heavy atom. The summed E-state index contributed by atoms with van der Waals surface area (Å²) in [6.45, 7) is 6.99. The summed E-state index contributed by atoms with van der Waals surface area (Å²) in [6.07, 6.45) is 3.52. The summed E-state index contributed by atoms with van der Waals surface area (Å²) in [5.74, 6) is -3.58. The van der Waals surface area contributed by atoms with Crippen molar-refractivity contribution in [1.29, 1.82) is 0 Å².